The van der Waals surface area contributed by atoms with Crippen LogP contribution in [0.1, 0.15) is 77.7 Å². The van der Waals surface area contributed by atoms with Gasteiger partial charge < -0.3 is 57.4 Å². The van der Waals surface area contributed by atoms with Crippen LogP contribution >= 0.6 is 78.1 Å². The minimum absolute atomic E-state index is 0. The Balaban J connectivity index is 0.00000408. The Kier molecular flexibility index (Phi) is 20.7. The molecule has 8 nitrogen and oxygen atoms in total. The van der Waals surface area contributed by atoms with Crippen molar-refractivity contribution >= 4 is 102 Å². The van der Waals surface area contributed by atoms with Crippen molar-refractivity contribution in [3.8, 4) is 11.4 Å². The molecule has 16 heteroatoms. The van der Waals surface area contributed by atoms with Gasteiger partial charge in [0.2, 0.25) is 22.9 Å². The molecule has 0 unspecified atom stereocenters. The summed E-state index contributed by atoms with van der Waals surface area (Å²) in [6.45, 7) is 8.05. The Bertz CT molecular complexity index is 2630. The van der Waals surface area contributed by atoms with Crippen molar-refractivity contribution in [1.29, 1.82) is 0 Å². The standard InChI is InChI=1S/C50H44Br2N2O6S4.2HI/c1-5-59-41(55)27-39-43(53-23-19-31(3)20-24-53)49(63-47(39)45(57)33-11-15-37(51)16-12-33)61-29-35-9-7-8-10-36(35)30-62-50-44(54-25-21-32(4)22-26-54)40(28-42(56)60-6-2)48(64-50)46(58)34-13-17-38(52)18-14-34;;/h7-26H,5-6,27-30H2,1-4H3;2*1H/q+2;;/p-2. The SMILES string of the molecule is CCOC(=O)Cc1c(C(=O)c2ccc(Br)cc2)sc(SCc2ccccc2CSc2sc(C(=O)c3ccc(Br)cc3)c(CC(=O)OCC)c2-[n+]2ccc(C)cc2)c1-[n+]1ccc(C)cc1.[I-].[I-]. The van der Waals surface area contributed by atoms with Crippen LogP contribution in [0, 0.1) is 13.8 Å². The number of ether oxygens (including phenoxy) is 2. The highest BCUT2D eigenvalue weighted by Crippen LogP contribution is 2.43. The normalized spacial score (nSPS) is 10.8. The highest BCUT2D eigenvalue weighted by Gasteiger charge is 2.34. The van der Waals surface area contributed by atoms with Gasteiger partial charge >= 0.3 is 11.9 Å². The Labute approximate surface area is 452 Å². The third kappa shape index (κ3) is 13.3. The number of carbonyl (C=O) groups excluding carboxylic acids is 4. The number of hydrogen-bond acceptors (Lipinski definition) is 10. The molecule has 0 atom stereocenters. The number of ketones is 2. The Morgan fingerprint density at radius 3 is 1.23 bits per heavy atom. The van der Waals surface area contributed by atoms with Gasteiger partial charge in [0.15, 0.2) is 24.8 Å². The number of nitrogens with zero attached hydrogens (tertiary/aromatic N) is 2. The molecule has 7 aromatic rings. The molecule has 4 heterocycles. The molecule has 0 spiro atoms. The first-order valence-corrected chi connectivity index (χ1v) is 25.6. The number of pyridine rings is 2. The minimum atomic E-state index is -0.401. The Hall–Kier alpha value is -3.24. The summed E-state index contributed by atoms with van der Waals surface area (Å²) in [7, 11) is 0. The lowest BCUT2D eigenvalue weighted by molar-refractivity contribution is -0.598. The quantitative estimate of drug-likeness (QED) is 0.0352. The van der Waals surface area contributed by atoms with E-state index in [0.29, 0.717) is 43.5 Å². The molecule has 0 amide bonds. The number of benzene rings is 3. The second kappa shape index (κ2) is 25.4. The predicted octanol–water partition coefficient (Wildman–Crippen LogP) is 5.77. The number of rotatable bonds is 18. The van der Waals surface area contributed by atoms with Gasteiger partial charge in [-0.1, -0.05) is 56.1 Å². The molecule has 0 fully saturated rings. The van der Waals surface area contributed by atoms with E-state index in [2.05, 4.69) is 44.0 Å². The van der Waals surface area contributed by atoms with Crippen molar-refractivity contribution in [3.05, 3.63) is 185 Å². The van der Waals surface area contributed by atoms with Crippen LogP contribution in [0.5, 0.6) is 0 Å². The van der Waals surface area contributed by atoms with Crippen LogP contribution in [0.25, 0.3) is 11.4 Å². The van der Waals surface area contributed by atoms with Crippen molar-refractivity contribution in [2.45, 2.75) is 60.5 Å². The zero-order valence-electron chi connectivity index (χ0n) is 36.3. The van der Waals surface area contributed by atoms with Crippen molar-refractivity contribution in [1.82, 2.24) is 0 Å². The molecule has 0 bridgehead atoms. The number of carbonyl (C=O) groups is 4. The first kappa shape index (κ1) is 53.7. The highest BCUT2D eigenvalue weighted by molar-refractivity contribution is 9.10. The maximum Gasteiger partial charge on any atom is 0.310 e. The zero-order chi connectivity index (χ0) is 45.3. The van der Waals surface area contributed by atoms with Gasteiger partial charge in [-0.2, -0.15) is 9.13 Å². The van der Waals surface area contributed by atoms with Crippen LogP contribution < -0.4 is 57.1 Å². The van der Waals surface area contributed by atoms with E-state index in [1.165, 1.54) is 22.7 Å². The maximum atomic E-state index is 14.3. The molecule has 3 aromatic carbocycles. The number of aryl methyl sites for hydroxylation is 2. The van der Waals surface area contributed by atoms with Gasteiger partial charge in [-0.05, 0) is 98.5 Å². The summed E-state index contributed by atoms with van der Waals surface area (Å²) in [5, 5.41) is 0. The fraction of sp³-hybridized carbons (Fsp3) is 0.200. The molecule has 7 rings (SSSR count). The lowest BCUT2D eigenvalue weighted by Crippen LogP contribution is -3.00. The molecular formula is C50H44Br2I2N2O6S4. The van der Waals surface area contributed by atoms with Gasteiger partial charge in [0, 0.05) is 55.8 Å². The van der Waals surface area contributed by atoms with E-state index in [-0.39, 0.29) is 85.6 Å². The maximum absolute atomic E-state index is 14.3. The van der Waals surface area contributed by atoms with E-state index >= 15 is 0 Å². The average molecular weight is 1310 g/mol. The third-order valence-corrected chi connectivity index (χ3v) is 16.2. The first-order valence-electron chi connectivity index (χ1n) is 20.5. The minimum Gasteiger partial charge on any atom is -1.00 e. The van der Waals surface area contributed by atoms with Crippen LogP contribution in [0.15, 0.2) is 139 Å². The number of thiophene rings is 2. The number of esters is 2. The molecule has 0 N–H and O–H groups in total. The zero-order valence-corrected chi connectivity index (χ0v) is 47.0. The second-order valence-corrected chi connectivity index (χ2v) is 21.0. The van der Waals surface area contributed by atoms with Gasteiger partial charge in [0.05, 0.1) is 46.9 Å². The van der Waals surface area contributed by atoms with E-state index in [0.717, 1.165) is 51.0 Å². The molecule has 0 aliphatic heterocycles. The van der Waals surface area contributed by atoms with Gasteiger partial charge in [-0.15, -0.1) is 46.2 Å². The number of aromatic nitrogens is 2. The molecular weight excluding hydrogens is 1270 g/mol. The number of hydrogen-bond donors (Lipinski definition) is 0. The van der Waals surface area contributed by atoms with Gasteiger partial charge in [0.1, 0.15) is 8.42 Å². The van der Waals surface area contributed by atoms with E-state index in [9.17, 15) is 19.2 Å². The van der Waals surface area contributed by atoms with E-state index < -0.39 is 11.9 Å². The second-order valence-electron chi connectivity index (χ2n) is 14.6. The molecule has 0 aliphatic carbocycles. The van der Waals surface area contributed by atoms with Crippen LogP contribution in [-0.2, 0) is 43.4 Å². The summed E-state index contributed by atoms with van der Waals surface area (Å²) >= 11 is 13.0. The van der Waals surface area contributed by atoms with E-state index in [1.54, 1.807) is 61.6 Å². The van der Waals surface area contributed by atoms with Gasteiger partial charge in [0.25, 0.3) is 0 Å². The monoisotopic (exact) mass is 1310 g/mol. The molecule has 0 radical (unpaired) electrons. The summed E-state index contributed by atoms with van der Waals surface area (Å²) in [5.74, 6) is 0.0318. The predicted molar refractivity (Wildman–Crippen MR) is 263 cm³/mol. The molecule has 0 saturated carbocycles. The van der Waals surface area contributed by atoms with Crippen LogP contribution in [-0.4, -0.2) is 36.7 Å². The molecule has 0 aliphatic rings. The summed E-state index contributed by atoms with van der Waals surface area (Å²) in [5.41, 5.74) is 8.23. The topological polar surface area (TPSA) is 94.5 Å². The largest absolute Gasteiger partial charge is 1.00 e. The van der Waals surface area contributed by atoms with Crippen molar-refractivity contribution < 1.29 is 85.7 Å². The lowest BCUT2D eigenvalue weighted by atomic mass is 10.0. The molecule has 4 aromatic heterocycles. The van der Waals surface area contributed by atoms with Crippen LogP contribution in [0.4, 0.5) is 0 Å². The fourth-order valence-corrected chi connectivity index (χ4v) is 12.6. The van der Waals surface area contributed by atoms with Crippen LogP contribution in [0.3, 0.4) is 0 Å². The smallest absolute Gasteiger partial charge is 0.310 e. The molecule has 0 saturated heterocycles. The summed E-state index contributed by atoms with van der Waals surface area (Å²) in [4.78, 5) is 55.9. The van der Waals surface area contributed by atoms with E-state index in [1.807, 2.05) is 108 Å². The first-order chi connectivity index (χ1) is 30.9. The van der Waals surface area contributed by atoms with Crippen molar-refractivity contribution in [3.63, 3.8) is 0 Å². The fourth-order valence-electron chi connectivity index (χ4n) is 6.88. The number of halogens is 4. The summed E-state index contributed by atoms with van der Waals surface area (Å²) < 4.78 is 18.4. The average Bonchev–Trinajstić information content (AvgIpc) is 3.83. The van der Waals surface area contributed by atoms with Gasteiger partial charge in [-0.3, -0.25) is 19.2 Å². The summed E-state index contributed by atoms with van der Waals surface area (Å²) in [6, 6.07) is 30.8. The Morgan fingerprint density at radius 2 is 0.894 bits per heavy atom. The Morgan fingerprint density at radius 1 is 0.545 bits per heavy atom. The molecule has 66 heavy (non-hydrogen) atoms. The van der Waals surface area contributed by atoms with Gasteiger partial charge in [-0.25, -0.2) is 0 Å². The van der Waals surface area contributed by atoms with E-state index in [4.69, 9.17) is 9.47 Å². The highest BCUT2D eigenvalue weighted by atomic mass is 127. The number of thioether (sulfide) groups is 2. The van der Waals surface area contributed by atoms with Crippen LogP contribution in [0.2, 0.25) is 0 Å². The summed E-state index contributed by atoms with van der Waals surface area (Å²) in [6.07, 6.45) is 7.74. The van der Waals surface area contributed by atoms with Crippen molar-refractivity contribution in [2.75, 3.05) is 13.2 Å². The third-order valence-electron chi connectivity index (χ3n) is 10.1. The lowest BCUT2D eigenvalue weighted by Gasteiger charge is -2.09. The molecule has 342 valence electrons. The van der Waals surface area contributed by atoms with Crippen molar-refractivity contribution in [2.24, 2.45) is 0 Å².